The highest BCUT2D eigenvalue weighted by Crippen LogP contribution is 2.25. The maximum Gasteiger partial charge on any atom is 0.190 e. The maximum absolute atomic E-state index is 14.0. The molecule has 0 saturated carbocycles. The first-order valence-electron chi connectivity index (χ1n) is 7.33. The molecule has 2 aromatic carbocycles. The lowest BCUT2D eigenvalue weighted by molar-refractivity contribution is 0.104. The van der Waals surface area contributed by atoms with Crippen LogP contribution in [-0.4, -0.2) is 24.8 Å². The summed E-state index contributed by atoms with van der Waals surface area (Å²) in [7, 11) is 3.70. The summed E-state index contributed by atoms with van der Waals surface area (Å²) in [5.74, 6) is -0.00938. The fourth-order valence-corrected chi connectivity index (χ4v) is 2.81. The quantitative estimate of drug-likeness (QED) is 0.433. The van der Waals surface area contributed by atoms with E-state index >= 15 is 0 Å². The minimum Gasteiger partial charge on any atom is -0.381 e. The number of hydrogen-bond acceptors (Lipinski definition) is 3. The van der Waals surface area contributed by atoms with Crippen LogP contribution >= 0.6 is 11.8 Å². The average molecular weight is 329 g/mol. The molecular formula is C19H20FNOS. The second kappa shape index (κ2) is 7.97. The molecule has 0 N–H and O–H groups in total. The molecule has 2 nitrogen and oxygen atoms in total. The largest absolute Gasteiger partial charge is 0.381 e. The van der Waals surface area contributed by atoms with Gasteiger partial charge in [0.2, 0.25) is 0 Å². The zero-order valence-corrected chi connectivity index (χ0v) is 14.4. The van der Waals surface area contributed by atoms with E-state index in [2.05, 4.69) is 0 Å². The van der Waals surface area contributed by atoms with E-state index in [-0.39, 0.29) is 11.3 Å². The smallest absolute Gasteiger partial charge is 0.190 e. The van der Waals surface area contributed by atoms with Gasteiger partial charge >= 0.3 is 0 Å². The van der Waals surface area contributed by atoms with Crippen molar-refractivity contribution < 1.29 is 9.18 Å². The minimum atomic E-state index is -0.484. The number of halogens is 1. The fourth-order valence-electron chi connectivity index (χ4n) is 1.92. The number of benzene rings is 2. The molecular weight excluding hydrogens is 309 g/mol. The monoisotopic (exact) mass is 329 g/mol. The topological polar surface area (TPSA) is 20.3 Å². The van der Waals surface area contributed by atoms with Gasteiger partial charge in [-0.3, -0.25) is 4.79 Å². The van der Waals surface area contributed by atoms with Crippen LogP contribution in [0.4, 0.5) is 4.39 Å². The molecule has 0 saturated heterocycles. The van der Waals surface area contributed by atoms with Crippen LogP contribution in [-0.2, 0) is 5.75 Å². The van der Waals surface area contributed by atoms with E-state index in [1.165, 1.54) is 17.7 Å². The second-order valence-electron chi connectivity index (χ2n) is 5.46. The molecule has 2 rings (SSSR count). The number of carbonyl (C=O) groups excluding carboxylic acids is 1. The third-order valence-corrected chi connectivity index (χ3v) is 4.56. The highest BCUT2D eigenvalue weighted by atomic mass is 32.2. The fraction of sp³-hybridized carbons (Fsp3) is 0.211. The Morgan fingerprint density at radius 2 is 1.87 bits per heavy atom. The van der Waals surface area contributed by atoms with Crippen LogP contribution in [0.3, 0.4) is 0 Å². The summed E-state index contributed by atoms with van der Waals surface area (Å²) in [5, 5.41) is 0. The SMILES string of the molecule is C/C(=C/C(=O)c1cc(SCc2ccccc2)ccc1F)N(C)C. The van der Waals surface area contributed by atoms with Gasteiger partial charge in [-0.2, -0.15) is 0 Å². The molecule has 0 aliphatic carbocycles. The lowest BCUT2D eigenvalue weighted by atomic mass is 10.1. The molecule has 0 atom stereocenters. The lowest BCUT2D eigenvalue weighted by Gasteiger charge is -2.12. The van der Waals surface area contributed by atoms with E-state index in [9.17, 15) is 9.18 Å². The van der Waals surface area contributed by atoms with Gasteiger partial charge in [-0.25, -0.2) is 4.39 Å². The van der Waals surface area contributed by atoms with Crippen molar-refractivity contribution in [2.45, 2.75) is 17.6 Å². The average Bonchev–Trinajstić information content (AvgIpc) is 2.54. The predicted molar refractivity (Wildman–Crippen MR) is 94.2 cm³/mol. The molecule has 0 spiro atoms. The van der Waals surface area contributed by atoms with Crippen molar-refractivity contribution in [2.75, 3.05) is 14.1 Å². The first-order valence-corrected chi connectivity index (χ1v) is 8.32. The first-order chi connectivity index (χ1) is 11.0. The Morgan fingerprint density at radius 1 is 1.17 bits per heavy atom. The molecule has 0 aliphatic heterocycles. The van der Waals surface area contributed by atoms with Crippen LogP contribution in [0.15, 0.2) is 65.2 Å². The lowest BCUT2D eigenvalue weighted by Crippen LogP contribution is -2.10. The Kier molecular flexibility index (Phi) is 5.99. The summed E-state index contributed by atoms with van der Waals surface area (Å²) in [6, 6.07) is 14.8. The summed E-state index contributed by atoms with van der Waals surface area (Å²) in [6.07, 6.45) is 1.46. The van der Waals surface area contributed by atoms with E-state index in [4.69, 9.17) is 0 Å². The van der Waals surface area contributed by atoms with E-state index in [0.717, 1.165) is 16.3 Å². The van der Waals surface area contributed by atoms with Gasteiger partial charge in [0.25, 0.3) is 0 Å². The zero-order valence-electron chi connectivity index (χ0n) is 13.5. The van der Waals surface area contributed by atoms with E-state index in [1.54, 1.807) is 23.9 Å². The van der Waals surface area contributed by atoms with E-state index < -0.39 is 5.82 Å². The van der Waals surface area contributed by atoms with Crippen molar-refractivity contribution in [1.82, 2.24) is 4.90 Å². The van der Waals surface area contributed by atoms with E-state index in [0.29, 0.717) is 0 Å². The number of nitrogens with zero attached hydrogens (tertiary/aromatic N) is 1. The van der Waals surface area contributed by atoms with Crippen molar-refractivity contribution in [2.24, 2.45) is 0 Å². The number of allylic oxidation sites excluding steroid dienone is 2. The van der Waals surface area contributed by atoms with Crippen LogP contribution in [0, 0.1) is 5.82 Å². The molecule has 0 bridgehead atoms. The molecule has 4 heteroatoms. The summed E-state index contributed by atoms with van der Waals surface area (Å²) in [6.45, 7) is 1.82. The number of thioether (sulfide) groups is 1. The second-order valence-corrected chi connectivity index (χ2v) is 6.51. The van der Waals surface area contributed by atoms with Crippen molar-refractivity contribution in [1.29, 1.82) is 0 Å². The van der Waals surface area contributed by atoms with Gasteiger partial charge in [0.15, 0.2) is 5.78 Å². The number of hydrogen-bond donors (Lipinski definition) is 0. The van der Waals surface area contributed by atoms with Crippen LogP contribution in [0.5, 0.6) is 0 Å². The van der Waals surface area contributed by atoms with Gasteiger partial charge in [0.1, 0.15) is 5.82 Å². The van der Waals surface area contributed by atoms with Crippen LogP contribution < -0.4 is 0 Å². The maximum atomic E-state index is 14.0. The van der Waals surface area contributed by atoms with Gasteiger partial charge in [0, 0.05) is 36.5 Å². The normalized spacial score (nSPS) is 11.4. The molecule has 0 unspecified atom stereocenters. The highest BCUT2D eigenvalue weighted by Gasteiger charge is 2.11. The van der Waals surface area contributed by atoms with Crippen LogP contribution in [0.1, 0.15) is 22.8 Å². The van der Waals surface area contributed by atoms with Crippen molar-refractivity contribution in [3.63, 3.8) is 0 Å². The summed E-state index contributed by atoms with van der Waals surface area (Å²) >= 11 is 1.59. The molecule has 120 valence electrons. The van der Waals surface area contributed by atoms with Gasteiger partial charge in [-0.1, -0.05) is 30.3 Å². The van der Waals surface area contributed by atoms with Crippen molar-refractivity contribution >= 4 is 17.5 Å². The van der Waals surface area contributed by atoms with Crippen LogP contribution in [0.25, 0.3) is 0 Å². The molecule has 0 aliphatic rings. The number of rotatable bonds is 6. The van der Waals surface area contributed by atoms with Gasteiger partial charge in [0.05, 0.1) is 5.56 Å². The van der Waals surface area contributed by atoms with Gasteiger partial charge in [-0.05, 0) is 30.7 Å². The Balaban J connectivity index is 2.15. The van der Waals surface area contributed by atoms with Crippen LogP contribution in [0.2, 0.25) is 0 Å². The molecule has 23 heavy (non-hydrogen) atoms. The summed E-state index contributed by atoms with van der Waals surface area (Å²) in [4.78, 5) is 15.0. The Morgan fingerprint density at radius 3 is 2.52 bits per heavy atom. The third kappa shape index (κ3) is 4.96. The number of ketones is 1. The molecule has 0 radical (unpaired) electrons. The predicted octanol–water partition coefficient (Wildman–Crippen LogP) is 4.77. The molecule has 2 aromatic rings. The van der Waals surface area contributed by atoms with Gasteiger partial charge < -0.3 is 4.90 Å². The van der Waals surface area contributed by atoms with E-state index in [1.807, 2.05) is 56.3 Å². The van der Waals surface area contributed by atoms with Crippen molar-refractivity contribution in [3.05, 3.63) is 77.2 Å². The van der Waals surface area contributed by atoms with Gasteiger partial charge in [-0.15, -0.1) is 11.8 Å². The highest BCUT2D eigenvalue weighted by molar-refractivity contribution is 7.98. The summed E-state index contributed by atoms with van der Waals surface area (Å²) < 4.78 is 14.0. The molecule has 0 heterocycles. The Hall–Kier alpha value is -2.07. The number of carbonyl (C=O) groups is 1. The van der Waals surface area contributed by atoms with Crippen molar-refractivity contribution in [3.8, 4) is 0 Å². The molecule has 0 amide bonds. The molecule has 0 aromatic heterocycles. The third-order valence-electron chi connectivity index (χ3n) is 3.50. The minimum absolute atomic E-state index is 0.115. The first kappa shape index (κ1) is 17.3. The standard InChI is InChI=1S/C19H20FNOS/c1-14(21(2)3)11-19(22)17-12-16(9-10-18(17)20)23-13-15-7-5-4-6-8-15/h4-12H,13H2,1-3H3/b14-11-. The Bertz CT molecular complexity index is 711. The zero-order chi connectivity index (χ0) is 16.8. The molecule has 0 fully saturated rings. The summed E-state index contributed by atoms with van der Waals surface area (Å²) in [5.41, 5.74) is 2.10. The Labute approximate surface area is 141 Å².